The summed E-state index contributed by atoms with van der Waals surface area (Å²) in [6.45, 7) is 5.18. The summed E-state index contributed by atoms with van der Waals surface area (Å²) in [5, 5.41) is 12.9. The highest BCUT2D eigenvalue weighted by Gasteiger charge is 2.14. The number of rotatable bonds is 4. The topological polar surface area (TPSA) is 70.5 Å². The largest absolute Gasteiger partial charge is 0.508 e. The van der Waals surface area contributed by atoms with Gasteiger partial charge in [-0.1, -0.05) is 12.1 Å². The summed E-state index contributed by atoms with van der Waals surface area (Å²) in [5.74, 6) is 1.94. The molecule has 0 amide bonds. The van der Waals surface area contributed by atoms with Crippen LogP contribution in [0.5, 0.6) is 5.75 Å². The first-order valence-electron chi connectivity index (χ1n) is 7.42. The molecule has 22 heavy (non-hydrogen) atoms. The van der Waals surface area contributed by atoms with Crippen LogP contribution >= 0.6 is 0 Å². The van der Waals surface area contributed by atoms with Crippen LogP contribution in [0.3, 0.4) is 0 Å². The summed E-state index contributed by atoms with van der Waals surface area (Å²) >= 11 is 0. The van der Waals surface area contributed by atoms with Crippen LogP contribution in [0.4, 0.5) is 11.6 Å². The van der Waals surface area contributed by atoms with Crippen LogP contribution in [0.15, 0.2) is 36.7 Å². The Labute approximate surface area is 129 Å². The molecule has 0 radical (unpaired) electrons. The molecule has 1 atom stereocenters. The number of benzene rings is 1. The first-order valence-corrected chi connectivity index (χ1v) is 7.42. The summed E-state index contributed by atoms with van der Waals surface area (Å²) in [6.07, 6.45) is 1.57. The summed E-state index contributed by atoms with van der Waals surface area (Å²) in [5.41, 5.74) is 1.01. The average molecular weight is 300 g/mol. The number of aromatic hydroxyl groups is 1. The van der Waals surface area contributed by atoms with Crippen LogP contribution in [0.2, 0.25) is 0 Å². The molecular formula is C16H20N4O2. The van der Waals surface area contributed by atoms with E-state index in [2.05, 4.69) is 20.2 Å². The zero-order chi connectivity index (χ0) is 15.4. The van der Waals surface area contributed by atoms with Crippen LogP contribution in [0.25, 0.3) is 0 Å². The number of phenolic OH excluding ortho intramolecular Hbond substituents is 1. The van der Waals surface area contributed by atoms with Gasteiger partial charge in [0.1, 0.15) is 23.7 Å². The fourth-order valence-corrected chi connectivity index (χ4v) is 2.49. The maximum absolute atomic E-state index is 9.57. The highest BCUT2D eigenvalue weighted by Crippen LogP contribution is 2.23. The molecule has 1 aliphatic heterocycles. The lowest BCUT2D eigenvalue weighted by Crippen LogP contribution is -2.36. The van der Waals surface area contributed by atoms with Crippen molar-refractivity contribution in [3.63, 3.8) is 0 Å². The van der Waals surface area contributed by atoms with Gasteiger partial charge < -0.3 is 20.1 Å². The van der Waals surface area contributed by atoms with E-state index in [1.165, 1.54) is 0 Å². The Balaban J connectivity index is 1.72. The van der Waals surface area contributed by atoms with E-state index in [1.807, 2.05) is 25.1 Å². The first kappa shape index (κ1) is 14.6. The van der Waals surface area contributed by atoms with E-state index in [4.69, 9.17) is 4.74 Å². The maximum Gasteiger partial charge on any atom is 0.134 e. The van der Waals surface area contributed by atoms with Gasteiger partial charge in [-0.3, -0.25) is 0 Å². The van der Waals surface area contributed by atoms with Crippen molar-refractivity contribution in [1.82, 2.24) is 9.97 Å². The Hall–Kier alpha value is -2.34. The van der Waals surface area contributed by atoms with Gasteiger partial charge >= 0.3 is 0 Å². The molecule has 2 heterocycles. The number of ether oxygens (including phenoxy) is 1. The summed E-state index contributed by atoms with van der Waals surface area (Å²) in [7, 11) is 0. The Kier molecular flexibility index (Phi) is 4.39. The van der Waals surface area contributed by atoms with E-state index < -0.39 is 0 Å². The zero-order valence-corrected chi connectivity index (χ0v) is 12.6. The first-order chi connectivity index (χ1) is 10.7. The normalized spacial score (nSPS) is 16.3. The SMILES string of the molecule is CC(Nc1cc(N2CCOCC2)ncn1)c1cccc(O)c1. The van der Waals surface area contributed by atoms with E-state index in [-0.39, 0.29) is 11.8 Å². The van der Waals surface area contributed by atoms with Gasteiger partial charge in [0.2, 0.25) is 0 Å². The minimum Gasteiger partial charge on any atom is -0.508 e. The third-order valence-corrected chi connectivity index (χ3v) is 3.72. The molecule has 6 heteroatoms. The van der Waals surface area contributed by atoms with Gasteiger partial charge in [-0.2, -0.15) is 0 Å². The quantitative estimate of drug-likeness (QED) is 0.902. The van der Waals surface area contributed by atoms with Crippen molar-refractivity contribution in [2.75, 3.05) is 36.5 Å². The Morgan fingerprint density at radius 1 is 1.23 bits per heavy atom. The van der Waals surface area contributed by atoms with Gasteiger partial charge in [-0.05, 0) is 24.6 Å². The summed E-state index contributed by atoms with van der Waals surface area (Å²) in [6, 6.07) is 9.22. The van der Waals surface area contributed by atoms with E-state index in [0.717, 1.165) is 43.5 Å². The van der Waals surface area contributed by atoms with Gasteiger partial charge in [0.15, 0.2) is 0 Å². The second kappa shape index (κ2) is 6.62. The Bertz CT molecular complexity index is 629. The predicted molar refractivity (Wildman–Crippen MR) is 85.2 cm³/mol. The number of nitrogens with one attached hydrogen (secondary N) is 1. The zero-order valence-electron chi connectivity index (χ0n) is 12.6. The van der Waals surface area contributed by atoms with Crippen LogP contribution in [-0.2, 0) is 4.74 Å². The molecule has 1 fully saturated rings. The number of morpholine rings is 1. The van der Waals surface area contributed by atoms with E-state index in [9.17, 15) is 5.11 Å². The molecule has 1 aromatic heterocycles. The van der Waals surface area contributed by atoms with Crippen molar-refractivity contribution in [2.45, 2.75) is 13.0 Å². The minimum absolute atomic E-state index is 0.0412. The van der Waals surface area contributed by atoms with Crippen LogP contribution < -0.4 is 10.2 Å². The lowest BCUT2D eigenvalue weighted by Gasteiger charge is -2.28. The third kappa shape index (κ3) is 3.46. The Morgan fingerprint density at radius 3 is 2.82 bits per heavy atom. The van der Waals surface area contributed by atoms with Gasteiger partial charge in [0.25, 0.3) is 0 Å². The monoisotopic (exact) mass is 300 g/mol. The molecular weight excluding hydrogens is 280 g/mol. The fourth-order valence-electron chi connectivity index (χ4n) is 2.49. The average Bonchev–Trinajstić information content (AvgIpc) is 2.56. The Morgan fingerprint density at radius 2 is 2.05 bits per heavy atom. The molecule has 3 rings (SSSR count). The smallest absolute Gasteiger partial charge is 0.134 e. The number of hydrogen-bond donors (Lipinski definition) is 2. The lowest BCUT2D eigenvalue weighted by atomic mass is 10.1. The molecule has 116 valence electrons. The fraction of sp³-hybridized carbons (Fsp3) is 0.375. The van der Waals surface area contributed by atoms with Crippen molar-refractivity contribution in [3.8, 4) is 5.75 Å². The maximum atomic E-state index is 9.57. The number of hydrogen-bond acceptors (Lipinski definition) is 6. The molecule has 1 unspecified atom stereocenters. The highest BCUT2D eigenvalue weighted by atomic mass is 16.5. The molecule has 2 aromatic rings. The van der Waals surface area contributed by atoms with Crippen molar-refractivity contribution in [2.24, 2.45) is 0 Å². The van der Waals surface area contributed by atoms with Crippen LogP contribution in [0.1, 0.15) is 18.5 Å². The highest BCUT2D eigenvalue weighted by molar-refractivity contribution is 5.50. The number of phenols is 1. The lowest BCUT2D eigenvalue weighted by molar-refractivity contribution is 0.122. The molecule has 0 aliphatic carbocycles. The molecule has 6 nitrogen and oxygen atoms in total. The molecule has 2 N–H and O–H groups in total. The van der Waals surface area contributed by atoms with Crippen molar-refractivity contribution >= 4 is 11.6 Å². The second-order valence-electron chi connectivity index (χ2n) is 5.32. The number of anilines is 2. The summed E-state index contributed by atoms with van der Waals surface area (Å²) < 4.78 is 5.36. The molecule has 0 saturated carbocycles. The molecule has 1 aliphatic rings. The van der Waals surface area contributed by atoms with E-state index >= 15 is 0 Å². The van der Waals surface area contributed by atoms with Gasteiger partial charge in [0, 0.05) is 19.2 Å². The number of aromatic nitrogens is 2. The van der Waals surface area contributed by atoms with Gasteiger partial charge in [0.05, 0.1) is 19.3 Å². The molecule has 0 bridgehead atoms. The van der Waals surface area contributed by atoms with Crippen molar-refractivity contribution in [3.05, 3.63) is 42.2 Å². The van der Waals surface area contributed by atoms with Gasteiger partial charge in [-0.25, -0.2) is 9.97 Å². The molecule has 1 saturated heterocycles. The van der Waals surface area contributed by atoms with Crippen molar-refractivity contribution < 1.29 is 9.84 Å². The number of nitrogens with zero attached hydrogens (tertiary/aromatic N) is 3. The van der Waals surface area contributed by atoms with E-state index in [0.29, 0.717) is 0 Å². The third-order valence-electron chi connectivity index (χ3n) is 3.72. The summed E-state index contributed by atoms with van der Waals surface area (Å²) in [4.78, 5) is 10.8. The van der Waals surface area contributed by atoms with Crippen LogP contribution in [-0.4, -0.2) is 41.4 Å². The standard InChI is InChI=1S/C16H20N4O2/c1-12(13-3-2-4-14(21)9-13)19-15-10-16(18-11-17-15)20-5-7-22-8-6-20/h2-4,9-12,21H,5-8H2,1H3,(H,17,18,19). The second-order valence-corrected chi connectivity index (χ2v) is 5.32. The van der Waals surface area contributed by atoms with Crippen LogP contribution in [0, 0.1) is 0 Å². The van der Waals surface area contributed by atoms with E-state index in [1.54, 1.807) is 18.5 Å². The molecule has 1 aromatic carbocycles. The van der Waals surface area contributed by atoms with Crippen molar-refractivity contribution in [1.29, 1.82) is 0 Å². The molecule has 0 spiro atoms. The van der Waals surface area contributed by atoms with Gasteiger partial charge in [-0.15, -0.1) is 0 Å². The predicted octanol–water partition coefficient (Wildman–Crippen LogP) is 2.19. The minimum atomic E-state index is 0.0412.